The second-order valence-electron chi connectivity index (χ2n) is 2.54. The second-order valence-corrected chi connectivity index (χ2v) is 2.54. The van der Waals surface area contributed by atoms with Crippen molar-refractivity contribution in [1.82, 2.24) is 0 Å². The fourth-order valence-electron chi connectivity index (χ4n) is 0.649. The zero-order valence-electron chi connectivity index (χ0n) is 7.62. The van der Waals surface area contributed by atoms with E-state index in [2.05, 4.69) is 11.8 Å². The van der Waals surface area contributed by atoms with E-state index in [0.717, 1.165) is 25.7 Å². The van der Waals surface area contributed by atoms with Crippen LogP contribution in [0, 0.1) is 0 Å². The van der Waals surface area contributed by atoms with Gasteiger partial charge < -0.3 is 0 Å². The summed E-state index contributed by atoms with van der Waals surface area (Å²) in [6, 6.07) is 0. The molecule has 0 fully saturated rings. The summed E-state index contributed by atoms with van der Waals surface area (Å²) in [4.78, 5) is 13.6. The molecule has 4 nitrogen and oxygen atoms in total. The van der Waals surface area contributed by atoms with Crippen LogP contribution >= 0.6 is 0 Å². The first-order chi connectivity index (χ1) is 5.91. The predicted molar refractivity (Wildman–Crippen MR) is 44.6 cm³/mol. The van der Waals surface area contributed by atoms with Crippen LogP contribution < -0.4 is 0 Å². The highest BCUT2D eigenvalue weighted by molar-refractivity contribution is 4.33. The van der Waals surface area contributed by atoms with Gasteiger partial charge in [0.05, 0.1) is 19.8 Å². The number of hydrogen-bond donors (Lipinski definition) is 1. The molecule has 74 valence electrons. The van der Waals surface area contributed by atoms with Crippen LogP contribution in [0.15, 0.2) is 0 Å². The lowest BCUT2D eigenvalue weighted by Gasteiger charge is -2.02. The molecule has 0 heterocycles. The number of hydrogen-bond acceptors (Lipinski definition) is 4. The van der Waals surface area contributed by atoms with Crippen molar-refractivity contribution in [2.75, 3.05) is 19.8 Å². The fraction of sp³-hybridized carbons (Fsp3) is 1.00. The van der Waals surface area contributed by atoms with Crippen molar-refractivity contribution in [2.45, 2.75) is 32.6 Å². The maximum atomic E-state index is 7.97. The van der Waals surface area contributed by atoms with Gasteiger partial charge in [-0.2, -0.15) is 0 Å². The highest BCUT2D eigenvalue weighted by Crippen LogP contribution is 1.93. The molecular weight excluding hydrogens is 160 g/mol. The van der Waals surface area contributed by atoms with E-state index in [0.29, 0.717) is 19.8 Å². The maximum Gasteiger partial charge on any atom is 0.0823 e. The molecule has 0 rings (SSSR count). The SMILES string of the molecule is CCCCOOCCCCOO. The van der Waals surface area contributed by atoms with Crippen LogP contribution in [0.2, 0.25) is 0 Å². The van der Waals surface area contributed by atoms with Gasteiger partial charge in [0.2, 0.25) is 0 Å². The van der Waals surface area contributed by atoms with Gasteiger partial charge in [-0.15, -0.1) is 0 Å². The van der Waals surface area contributed by atoms with Crippen LogP contribution in [-0.2, 0) is 14.7 Å². The summed E-state index contributed by atoms with van der Waals surface area (Å²) in [5.41, 5.74) is 0. The van der Waals surface area contributed by atoms with Crippen molar-refractivity contribution in [1.29, 1.82) is 0 Å². The van der Waals surface area contributed by atoms with Crippen LogP contribution in [-0.4, -0.2) is 25.1 Å². The van der Waals surface area contributed by atoms with Crippen molar-refractivity contribution in [2.24, 2.45) is 0 Å². The number of rotatable bonds is 9. The van der Waals surface area contributed by atoms with Crippen LogP contribution in [0.25, 0.3) is 0 Å². The molecule has 0 aliphatic carbocycles. The molecule has 0 aromatic carbocycles. The quantitative estimate of drug-likeness (QED) is 0.333. The lowest BCUT2D eigenvalue weighted by molar-refractivity contribution is -0.296. The van der Waals surface area contributed by atoms with E-state index in [1.165, 1.54) is 0 Å². The van der Waals surface area contributed by atoms with E-state index in [1.54, 1.807) is 0 Å². The summed E-state index contributed by atoms with van der Waals surface area (Å²) >= 11 is 0. The third-order valence-electron chi connectivity index (χ3n) is 1.38. The number of unbranched alkanes of at least 4 members (excludes halogenated alkanes) is 2. The Kier molecular flexibility index (Phi) is 10.7. The molecular formula is C8H18O4. The molecule has 0 aliphatic heterocycles. The molecule has 12 heavy (non-hydrogen) atoms. The fourth-order valence-corrected chi connectivity index (χ4v) is 0.649. The van der Waals surface area contributed by atoms with Crippen LogP contribution in [0.5, 0.6) is 0 Å². The van der Waals surface area contributed by atoms with Gasteiger partial charge in [-0.25, -0.2) is 14.7 Å². The summed E-state index contributed by atoms with van der Waals surface area (Å²) in [7, 11) is 0. The van der Waals surface area contributed by atoms with Crippen molar-refractivity contribution in [3.8, 4) is 0 Å². The minimum Gasteiger partial charge on any atom is -0.252 e. The molecule has 0 aliphatic rings. The second kappa shape index (κ2) is 10.8. The lowest BCUT2D eigenvalue weighted by Crippen LogP contribution is -2.00. The molecule has 0 saturated heterocycles. The van der Waals surface area contributed by atoms with E-state index < -0.39 is 0 Å². The third-order valence-corrected chi connectivity index (χ3v) is 1.38. The summed E-state index contributed by atoms with van der Waals surface area (Å²) in [5, 5.41) is 7.97. The predicted octanol–water partition coefficient (Wildman–Crippen LogP) is 2.00. The average molecular weight is 178 g/mol. The van der Waals surface area contributed by atoms with Gasteiger partial charge in [-0.05, 0) is 19.3 Å². The molecule has 0 bridgehead atoms. The Morgan fingerprint density at radius 2 is 1.50 bits per heavy atom. The summed E-state index contributed by atoms with van der Waals surface area (Å²) < 4.78 is 0. The van der Waals surface area contributed by atoms with Crippen molar-refractivity contribution in [3.05, 3.63) is 0 Å². The first-order valence-corrected chi connectivity index (χ1v) is 4.42. The zero-order chi connectivity index (χ0) is 9.07. The van der Waals surface area contributed by atoms with Crippen LogP contribution in [0.3, 0.4) is 0 Å². The molecule has 0 unspecified atom stereocenters. The van der Waals surface area contributed by atoms with Crippen molar-refractivity contribution >= 4 is 0 Å². The maximum absolute atomic E-state index is 7.97. The van der Waals surface area contributed by atoms with Crippen LogP contribution in [0.4, 0.5) is 0 Å². The standard InChI is InChI=1S/C8H18O4/c1-2-3-7-11-12-8-5-4-6-10-9/h9H,2-8H2,1H3. The molecule has 1 N–H and O–H groups in total. The van der Waals surface area contributed by atoms with E-state index in [4.69, 9.17) is 15.0 Å². The van der Waals surface area contributed by atoms with Gasteiger partial charge in [-0.1, -0.05) is 13.3 Å². The molecule has 0 radical (unpaired) electrons. The Hall–Kier alpha value is -0.160. The molecule has 0 saturated carbocycles. The Morgan fingerprint density at radius 1 is 0.917 bits per heavy atom. The van der Waals surface area contributed by atoms with Gasteiger partial charge in [0.1, 0.15) is 0 Å². The Morgan fingerprint density at radius 3 is 2.08 bits per heavy atom. The van der Waals surface area contributed by atoms with E-state index in [9.17, 15) is 0 Å². The minimum atomic E-state index is 0.359. The molecule has 0 spiro atoms. The summed E-state index contributed by atoms with van der Waals surface area (Å²) in [6.07, 6.45) is 3.77. The first kappa shape index (κ1) is 11.8. The van der Waals surface area contributed by atoms with Crippen molar-refractivity contribution in [3.63, 3.8) is 0 Å². The molecule has 0 atom stereocenters. The van der Waals surface area contributed by atoms with Gasteiger partial charge in [-0.3, -0.25) is 5.26 Å². The van der Waals surface area contributed by atoms with E-state index >= 15 is 0 Å². The molecule has 0 aromatic heterocycles. The third kappa shape index (κ3) is 9.84. The van der Waals surface area contributed by atoms with E-state index in [-0.39, 0.29) is 0 Å². The highest BCUT2D eigenvalue weighted by Gasteiger charge is 1.90. The van der Waals surface area contributed by atoms with Gasteiger partial charge in [0.25, 0.3) is 0 Å². The van der Waals surface area contributed by atoms with Crippen molar-refractivity contribution < 1.29 is 19.9 Å². The van der Waals surface area contributed by atoms with Gasteiger partial charge in [0, 0.05) is 0 Å². The summed E-state index contributed by atoms with van der Waals surface area (Å²) in [5.74, 6) is 0. The average Bonchev–Trinajstić information content (AvgIpc) is 2.10. The largest absolute Gasteiger partial charge is 0.252 e. The molecule has 0 aromatic rings. The first-order valence-electron chi connectivity index (χ1n) is 4.42. The molecule has 0 amide bonds. The van der Waals surface area contributed by atoms with Gasteiger partial charge >= 0.3 is 0 Å². The Bertz CT molecular complexity index is 67.5. The zero-order valence-corrected chi connectivity index (χ0v) is 7.62. The highest BCUT2D eigenvalue weighted by atomic mass is 17.2. The lowest BCUT2D eigenvalue weighted by atomic mass is 10.3. The van der Waals surface area contributed by atoms with E-state index in [1.807, 2.05) is 0 Å². The van der Waals surface area contributed by atoms with Crippen LogP contribution in [0.1, 0.15) is 32.6 Å². The Labute approximate surface area is 73.3 Å². The monoisotopic (exact) mass is 178 g/mol. The smallest absolute Gasteiger partial charge is 0.0823 e. The van der Waals surface area contributed by atoms with Gasteiger partial charge in [0.15, 0.2) is 0 Å². The Balaban J connectivity index is 2.73. The summed E-state index contributed by atoms with van der Waals surface area (Å²) in [6.45, 7) is 3.68. The topological polar surface area (TPSA) is 47.9 Å². The normalized spacial score (nSPS) is 10.5. The molecule has 4 heteroatoms. The minimum absolute atomic E-state index is 0.359.